The van der Waals surface area contributed by atoms with Gasteiger partial charge in [0, 0.05) is 30.8 Å². The molecule has 3 aromatic rings. The first-order valence-electron chi connectivity index (χ1n) is 9.99. The largest absolute Gasteiger partial charge is 0.486 e. The molecule has 0 fully saturated rings. The van der Waals surface area contributed by atoms with Gasteiger partial charge in [-0.3, -0.25) is 9.69 Å². The fourth-order valence-electron chi connectivity index (χ4n) is 3.37. The topological polar surface area (TPSA) is 54.9 Å². The Labute approximate surface area is 174 Å². The fraction of sp³-hybridized carbons (Fsp3) is 0.364. The summed E-state index contributed by atoms with van der Waals surface area (Å²) >= 11 is 1.51. The second-order valence-corrected chi connectivity index (χ2v) is 7.82. The van der Waals surface area contributed by atoms with E-state index in [0.29, 0.717) is 36.2 Å². The van der Waals surface area contributed by atoms with Crippen LogP contribution in [0.15, 0.2) is 42.5 Å². The number of hydrogen-bond donors (Lipinski definition) is 0. The van der Waals surface area contributed by atoms with Gasteiger partial charge in [0.25, 0.3) is 5.91 Å². The maximum atomic E-state index is 13.3. The number of nitrogens with zero attached hydrogens (tertiary/aromatic N) is 3. The van der Waals surface area contributed by atoms with Gasteiger partial charge in [-0.2, -0.15) is 0 Å². The van der Waals surface area contributed by atoms with Gasteiger partial charge in [0.15, 0.2) is 16.6 Å². The van der Waals surface area contributed by atoms with Gasteiger partial charge in [0.2, 0.25) is 0 Å². The first kappa shape index (κ1) is 19.7. The van der Waals surface area contributed by atoms with E-state index in [1.54, 1.807) is 4.90 Å². The zero-order valence-corrected chi connectivity index (χ0v) is 17.6. The molecular formula is C22H25N3O3S. The Morgan fingerprint density at radius 2 is 1.72 bits per heavy atom. The number of thiazole rings is 1. The Hall–Kier alpha value is -2.64. The molecule has 1 aromatic heterocycles. The Kier molecular flexibility index (Phi) is 5.97. The Balaban J connectivity index is 1.68. The van der Waals surface area contributed by atoms with E-state index < -0.39 is 0 Å². The molecule has 0 spiro atoms. The number of ether oxygens (including phenoxy) is 2. The van der Waals surface area contributed by atoms with Crippen molar-refractivity contribution in [3.8, 4) is 11.5 Å². The molecule has 0 unspecified atom stereocenters. The van der Waals surface area contributed by atoms with Crippen LogP contribution in [0.2, 0.25) is 0 Å². The molecule has 1 amide bonds. The predicted molar refractivity (Wildman–Crippen MR) is 117 cm³/mol. The molecule has 7 heteroatoms. The van der Waals surface area contributed by atoms with Crippen molar-refractivity contribution in [2.45, 2.75) is 13.8 Å². The number of benzene rings is 2. The van der Waals surface area contributed by atoms with E-state index in [1.165, 1.54) is 11.3 Å². The molecule has 0 saturated heterocycles. The summed E-state index contributed by atoms with van der Waals surface area (Å²) in [7, 11) is 0. The zero-order valence-electron chi connectivity index (χ0n) is 16.8. The molecule has 6 nitrogen and oxygen atoms in total. The molecule has 0 bridgehead atoms. The van der Waals surface area contributed by atoms with E-state index >= 15 is 0 Å². The highest BCUT2D eigenvalue weighted by Crippen LogP contribution is 2.39. The van der Waals surface area contributed by atoms with Crippen LogP contribution in [-0.4, -0.2) is 55.2 Å². The molecule has 0 N–H and O–H groups in total. The number of carbonyl (C=O) groups is 1. The van der Waals surface area contributed by atoms with Crippen LogP contribution in [0.1, 0.15) is 24.2 Å². The number of anilines is 1. The Bertz CT molecular complexity index is 943. The van der Waals surface area contributed by atoms with Crippen LogP contribution in [0.25, 0.3) is 10.2 Å². The van der Waals surface area contributed by atoms with Gasteiger partial charge < -0.3 is 14.4 Å². The monoisotopic (exact) mass is 411 g/mol. The van der Waals surface area contributed by atoms with Crippen LogP contribution in [0.5, 0.6) is 11.5 Å². The molecule has 4 rings (SSSR count). The van der Waals surface area contributed by atoms with Crippen molar-refractivity contribution < 1.29 is 14.3 Å². The van der Waals surface area contributed by atoms with Crippen LogP contribution in [0.4, 0.5) is 5.13 Å². The molecule has 2 aromatic carbocycles. The standard InChI is InChI=1S/C22H25N3O3S/c1-3-24(4-2)10-11-25(21(26)16-8-6-5-7-9-16)22-23-17-14-18-19(15-20(17)29-22)28-13-12-27-18/h5-9,14-15H,3-4,10-13H2,1-2H3. The molecule has 0 radical (unpaired) electrons. The fourth-order valence-corrected chi connectivity index (χ4v) is 4.37. The molecule has 152 valence electrons. The third-order valence-corrected chi connectivity index (χ3v) is 6.11. The van der Waals surface area contributed by atoms with E-state index in [0.717, 1.165) is 35.6 Å². The quantitative estimate of drug-likeness (QED) is 0.587. The molecule has 29 heavy (non-hydrogen) atoms. The number of carbonyl (C=O) groups excluding carboxylic acids is 1. The van der Waals surface area contributed by atoms with Gasteiger partial charge >= 0.3 is 0 Å². The molecule has 0 aliphatic carbocycles. The molecule has 0 saturated carbocycles. The first-order valence-corrected chi connectivity index (χ1v) is 10.8. The summed E-state index contributed by atoms with van der Waals surface area (Å²) in [6, 6.07) is 13.2. The van der Waals surface area contributed by atoms with Crippen molar-refractivity contribution >= 4 is 32.6 Å². The average Bonchev–Trinajstić information content (AvgIpc) is 3.17. The smallest absolute Gasteiger partial charge is 0.260 e. The van der Waals surface area contributed by atoms with Gasteiger partial charge in [-0.15, -0.1) is 0 Å². The lowest BCUT2D eigenvalue weighted by Gasteiger charge is -2.24. The van der Waals surface area contributed by atoms with Gasteiger partial charge in [-0.1, -0.05) is 43.4 Å². The van der Waals surface area contributed by atoms with Crippen molar-refractivity contribution in [1.82, 2.24) is 9.88 Å². The first-order chi connectivity index (χ1) is 14.2. The summed E-state index contributed by atoms with van der Waals surface area (Å²) in [6.07, 6.45) is 0. The van der Waals surface area contributed by atoms with E-state index in [-0.39, 0.29) is 5.91 Å². The summed E-state index contributed by atoms with van der Waals surface area (Å²) in [6.45, 7) is 8.64. The van der Waals surface area contributed by atoms with Crippen molar-refractivity contribution in [2.24, 2.45) is 0 Å². The van der Waals surface area contributed by atoms with Crippen LogP contribution in [0, 0.1) is 0 Å². The third-order valence-electron chi connectivity index (χ3n) is 5.07. The van der Waals surface area contributed by atoms with Crippen molar-refractivity contribution in [2.75, 3.05) is 44.3 Å². The number of amides is 1. The van der Waals surface area contributed by atoms with E-state index in [4.69, 9.17) is 14.5 Å². The van der Waals surface area contributed by atoms with Crippen molar-refractivity contribution in [1.29, 1.82) is 0 Å². The van der Waals surface area contributed by atoms with Gasteiger partial charge in [-0.05, 0) is 25.2 Å². The summed E-state index contributed by atoms with van der Waals surface area (Å²) in [4.78, 5) is 22.2. The number of likely N-dealkylation sites (N-methyl/N-ethyl adjacent to an activating group) is 1. The molecule has 0 atom stereocenters. The third kappa shape index (κ3) is 4.21. The lowest BCUT2D eigenvalue weighted by Crippen LogP contribution is -2.38. The second-order valence-electron chi connectivity index (χ2n) is 6.81. The molecular weight excluding hydrogens is 386 g/mol. The predicted octanol–water partition coefficient (Wildman–Crippen LogP) is 4.06. The normalized spacial score (nSPS) is 13.1. The number of hydrogen-bond acceptors (Lipinski definition) is 6. The maximum absolute atomic E-state index is 13.3. The lowest BCUT2D eigenvalue weighted by molar-refractivity contribution is 0.0984. The molecule has 1 aliphatic rings. The number of rotatable bonds is 7. The van der Waals surface area contributed by atoms with Crippen LogP contribution in [0.3, 0.4) is 0 Å². The maximum Gasteiger partial charge on any atom is 0.260 e. The average molecular weight is 412 g/mol. The Morgan fingerprint density at radius 3 is 2.41 bits per heavy atom. The summed E-state index contributed by atoms with van der Waals surface area (Å²) in [5, 5.41) is 0.698. The highest BCUT2D eigenvalue weighted by Gasteiger charge is 2.23. The molecule has 1 aliphatic heterocycles. The highest BCUT2D eigenvalue weighted by molar-refractivity contribution is 7.22. The number of aromatic nitrogens is 1. The highest BCUT2D eigenvalue weighted by atomic mass is 32.1. The van der Waals surface area contributed by atoms with Crippen LogP contribution in [-0.2, 0) is 0 Å². The minimum absolute atomic E-state index is 0.0333. The number of fused-ring (bicyclic) bond motifs is 2. The lowest BCUT2D eigenvalue weighted by atomic mass is 10.2. The minimum atomic E-state index is -0.0333. The summed E-state index contributed by atoms with van der Waals surface area (Å²) in [5.41, 5.74) is 1.49. The SMILES string of the molecule is CCN(CC)CCN(C(=O)c1ccccc1)c1nc2cc3c(cc2s1)OCCO3. The van der Waals surface area contributed by atoms with E-state index in [2.05, 4.69) is 18.7 Å². The van der Waals surface area contributed by atoms with Gasteiger partial charge in [-0.25, -0.2) is 4.98 Å². The van der Waals surface area contributed by atoms with Crippen LogP contribution < -0.4 is 14.4 Å². The van der Waals surface area contributed by atoms with Gasteiger partial charge in [0.05, 0.1) is 10.2 Å². The Morgan fingerprint density at radius 1 is 1.03 bits per heavy atom. The van der Waals surface area contributed by atoms with E-state index in [9.17, 15) is 4.79 Å². The molecule has 2 heterocycles. The van der Waals surface area contributed by atoms with Crippen molar-refractivity contribution in [3.63, 3.8) is 0 Å². The second kappa shape index (κ2) is 8.80. The van der Waals surface area contributed by atoms with Crippen LogP contribution >= 0.6 is 11.3 Å². The zero-order chi connectivity index (χ0) is 20.2. The van der Waals surface area contributed by atoms with Gasteiger partial charge in [0.1, 0.15) is 13.2 Å². The minimum Gasteiger partial charge on any atom is -0.486 e. The summed E-state index contributed by atoms with van der Waals surface area (Å²) in [5.74, 6) is 1.42. The summed E-state index contributed by atoms with van der Waals surface area (Å²) < 4.78 is 12.4. The van der Waals surface area contributed by atoms with E-state index in [1.807, 2.05) is 42.5 Å². The van der Waals surface area contributed by atoms with Crippen molar-refractivity contribution in [3.05, 3.63) is 48.0 Å².